The molecule has 0 fully saturated rings. The largest absolute Gasteiger partial charge is 0.397 e. The van der Waals surface area contributed by atoms with Gasteiger partial charge in [-0.2, -0.15) is 0 Å². The van der Waals surface area contributed by atoms with Crippen molar-refractivity contribution in [2.24, 2.45) is 0 Å². The molecule has 0 aliphatic rings. The average Bonchev–Trinajstić information content (AvgIpc) is 2.36. The lowest BCUT2D eigenvalue weighted by Gasteiger charge is -2.12. The number of anilines is 2. The first-order valence-corrected chi connectivity index (χ1v) is 7.50. The molecular formula is C13H12ClFN2O2S. The van der Waals surface area contributed by atoms with Gasteiger partial charge >= 0.3 is 0 Å². The van der Waals surface area contributed by atoms with Crippen molar-refractivity contribution in [3.8, 4) is 0 Å². The van der Waals surface area contributed by atoms with Crippen LogP contribution in [0.1, 0.15) is 5.56 Å². The fraction of sp³-hybridized carbons (Fsp3) is 0.0769. The molecule has 20 heavy (non-hydrogen) atoms. The Balaban J connectivity index is 2.46. The maximum absolute atomic E-state index is 13.2. The van der Waals surface area contributed by atoms with Crippen LogP contribution in [-0.4, -0.2) is 8.42 Å². The van der Waals surface area contributed by atoms with Gasteiger partial charge in [-0.05, 0) is 42.8 Å². The van der Waals surface area contributed by atoms with Crippen LogP contribution in [0.4, 0.5) is 15.8 Å². The lowest BCUT2D eigenvalue weighted by molar-refractivity contribution is 0.595. The molecule has 0 bridgehead atoms. The van der Waals surface area contributed by atoms with Crippen LogP contribution in [0.3, 0.4) is 0 Å². The number of nitrogens with two attached hydrogens (primary N) is 1. The van der Waals surface area contributed by atoms with Gasteiger partial charge in [-0.1, -0.05) is 17.7 Å². The first-order chi connectivity index (χ1) is 9.29. The minimum Gasteiger partial charge on any atom is -0.397 e. The van der Waals surface area contributed by atoms with Crippen molar-refractivity contribution < 1.29 is 12.8 Å². The summed E-state index contributed by atoms with van der Waals surface area (Å²) in [5.74, 6) is -0.688. The van der Waals surface area contributed by atoms with E-state index in [-0.39, 0.29) is 21.3 Å². The summed E-state index contributed by atoms with van der Waals surface area (Å²) in [6.07, 6.45) is 0. The quantitative estimate of drug-likeness (QED) is 0.855. The highest BCUT2D eigenvalue weighted by Gasteiger charge is 2.20. The Labute approximate surface area is 121 Å². The van der Waals surface area contributed by atoms with E-state index in [2.05, 4.69) is 4.72 Å². The molecule has 106 valence electrons. The zero-order chi connectivity index (χ0) is 14.9. The van der Waals surface area contributed by atoms with Crippen LogP contribution in [0.25, 0.3) is 0 Å². The number of hydrogen-bond donors (Lipinski definition) is 2. The van der Waals surface area contributed by atoms with Crippen molar-refractivity contribution in [1.29, 1.82) is 0 Å². The summed E-state index contributed by atoms with van der Waals surface area (Å²) >= 11 is 5.80. The SMILES string of the molecule is Cc1ccc(N)c(NS(=O)(=O)c2cc(F)ccc2Cl)c1. The number of nitrogen functional groups attached to an aromatic ring is 1. The van der Waals surface area contributed by atoms with E-state index in [9.17, 15) is 12.8 Å². The molecule has 2 rings (SSSR count). The molecule has 0 aromatic heterocycles. The first-order valence-electron chi connectivity index (χ1n) is 5.63. The fourth-order valence-corrected chi connectivity index (χ4v) is 3.23. The van der Waals surface area contributed by atoms with E-state index in [1.54, 1.807) is 25.1 Å². The van der Waals surface area contributed by atoms with Crippen LogP contribution in [0.2, 0.25) is 5.02 Å². The van der Waals surface area contributed by atoms with Gasteiger partial charge in [-0.3, -0.25) is 4.72 Å². The Morgan fingerprint density at radius 3 is 2.60 bits per heavy atom. The third-order valence-electron chi connectivity index (χ3n) is 2.64. The highest BCUT2D eigenvalue weighted by atomic mass is 35.5. The Morgan fingerprint density at radius 1 is 1.20 bits per heavy atom. The van der Waals surface area contributed by atoms with Crippen LogP contribution in [0.5, 0.6) is 0 Å². The van der Waals surface area contributed by atoms with Crippen molar-refractivity contribution in [3.63, 3.8) is 0 Å². The van der Waals surface area contributed by atoms with E-state index in [0.717, 1.165) is 17.7 Å². The van der Waals surface area contributed by atoms with E-state index in [4.69, 9.17) is 17.3 Å². The Hall–Kier alpha value is -1.79. The van der Waals surface area contributed by atoms with Gasteiger partial charge in [-0.25, -0.2) is 12.8 Å². The van der Waals surface area contributed by atoms with Crippen LogP contribution < -0.4 is 10.5 Å². The summed E-state index contributed by atoms with van der Waals surface area (Å²) in [5.41, 5.74) is 7.04. The second-order valence-corrected chi connectivity index (χ2v) is 6.33. The van der Waals surface area contributed by atoms with Crippen molar-refractivity contribution in [2.45, 2.75) is 11.8 Å². The molecule has 0 aliphatic heterocycles. The zero-order valence-electron chi connectivity index (χ0n) is 10.5. The molecule has 3 N–H and O–H groups in total. The zero-order valence-corrected chi connectivity index (χ0v) is 12.1. The smallest absolute Gasteiger partial charge is 0.263 e. The van der Waals surface area contributed by atoms with Gasteiger partial charge in [0.1, 0.15) is 10.7 Å². The fourth-order valence-electron chi connectivity index (χ4n) is 1.64. The first kappa shape index (κ1) is 14.6. The van der Waals surface area contributed by atoms with Gasteiger partial charge in [0, 0.05) is 0 Å². The molecule has 0 saturated carbocycles. The summed E-state index contributed by atoms with van der Waals surface area (Å²) < 4.78 is 39.9. The summed E-state index contributed by atoms with van der Waals surface area (Å²) in [6, 6.07) is 8.05. The van der Waals surface area contributed by atoms with E-state index < -0.39 is 15.8 Å². The Bertz CT molecular complexity index is 763. The van der Waals surface area contributed by atoms with E-state index in [0.29, 0.717) is 0 Å². The molecule has 2 aromatic carbocycles. The summed E-state index contributed by atoms with van der Waals surface area (Å²) in [5, 5.41) is -0.0647. The Morgan fingerprint density at radius 2 is 1.90 bits per heavy atom. The molecule has 2 aromatic rings. The van der Waals surface area contributed by atoms with E-state index >= 15 is 0 Å². The standard InChI is InChI=1S/C13H12ClFN2O2S/c1-8-2-5-11(16)12(6-8)17-20(18,19)13-7-9(15)3-4-10(13)14/h2-7,17H,16H2,1H3. The van der Waals surface area contributed by atoms with Gasteiger partial charge in [0.25, 0.3) is 10.0 Å². The topological polar surface area (TPSA) is 72.2 Å². The third kappa shape index (κ3) is 3.02. The number of aryl methyl sites for hydroxylation is 1. The average molecular weight is 315 g/mol. The van der Waals surface area contributed by atoms with E-state index in [1.807, 2.05) is 0 Å². The van der Waals surface area contributed by atoms with Gasteiger partial charge in [-0.15, -0.1) is 0 Å². The predicted molar refractivity (Wildman–Crippen MR) is 77.8 cm³/mol. The second-order valence-electron chi connectivity index (χ2n) is 4.27. The molecule has 0 heterocycles. The molecule has 0 spiro atoms. The second kappa shape index (κ2) is 5.30. The molecule has 7 heteroatoms. The molecule has 0 unspecified atom stereocenters. The number of rotatable bonds is 3. The molecular weight excluding hydrogens is 303 g/mol. The number of nitrogens with one attached hydrogen (secondary N) is 1. The van der Waals surface area contributed by atoms with Gasteiger partial charge in [0.15, 0.2) is 0 Å². The number of hydrogen-bond acceptors (Lipinski definition) is 3. The van der Waals surface area contributed by atoms with Crippen molar-refractivity contribution >= 4 is 33.0 Å². The Kier molecular flexibility index (Phi) is 3.87. The number of halogens is 2. The van der Waals surface area contributed by atoms with Gasteiger partial charge < -0.3 is 5.73 Å². The monoisotopic (exact) mass is 314 g/mol. The highest BCUT2D eigenvalue weighted by Crippen LogP contribution is 2.27. The highest BCUT2D eigenvalue weighted by molar-refractivity contribution is 7.92. The third-order valence-corrected chi connectivity index (χ3v) is 4.48. The molecule has 0 amide bonds. The van der Waals surface area contributed by atoms with Crippen LogP contribution in [0.15, 0.2) is 41.3 Å². The van der Waals surface area contributed by atoms with Crippen LogP contribution >= 0.6 is 11.6 Å². The molecule has 0 saturated heterocycles. The predicted octanol–water partition coefficient (Wildman–Crippen LogP) is 3.17. The molecule has 4 nitrogen and oxygen atoms in total. The van der Waals surface area contributed by atoms with Crippen LogP contribution in [0, 0.1) is 12.7 Å². The normalized spacial score (nSPS) is 11.3. The maximum Gasteiger partial charge on any atom is 0.263 e. The minimum atomic E-state index is -4.01. The molecule has 0 radical (unpaired) electrons. The summed E-state index contributed by atoms with van der Waals surface area (Å²) in [7, 11) is -4.01. The summed E-state index contributed by atoms with van der Waals surface area (Å²) in [6.45, 7) is 1.80. The summed E-state index contributed by atoms with van der Waals surface area (Å²) in [4.78, 5) is -0.333. The molecule has 0 aliphatic carbocycles. The minimum absolute atomic E-state index is 0.0647. The number of benzene rings is 2. The van der Waals surface area contributed by atoms with Gasteiger partial charge in [0.2, 0.25) is 0 Å². The van der Waals surface area contributed by atoms with E-state index in [1.165, 1.54) is 6.07 Å². The lowest BCUT2D eigenvalue weighted by atomic mass is 10.2. The lowest BCUT2D eigenvalue weighted by Crippen LogP contribution is -2.15. The van der Waals surface area contributed by atoms with Crippen molar-refractivity contribution in [1.82, 2.24) is 0 Å². The molecule has 0 atom stereocenters. The van der Waals surface area contributed by atoms with Crippen molar-refractivity contribution in [2.75, 3.05) is 10.5 Å². The van der Waals surface area contributed by atoms with Crippen molar-refractivity contribution in [3.05, 3.63) is 52.8 Å². The van der Waals surface area contributed by atoms with Gasteiger partial charge in [0.05, 0.1) is 16.4 Å². The number of sulfonamides is 1. The maximum atomic E-state index is 13.2. The van der Waals surface area contributed by atoms with Crippen LogP contribution in [-0.2, 0) is 10.0 Å².